The maximum atomic E-state index is 6.81. The van der Waals surface area contributed by atoms with Gasteiger partial charge in [-0.2, -0.15) is 0 Å². The fraction of sp³-hybridized carbons (Fsp3) is 0.116. The zero-order valence-corrected chi connectivity index (χ0v) is 26.6. The molecular formula is C43H31NOS. The third kappa shape index (κ3) is 3.47. The summed E-state index contributed by atoms with van der Waals surface area (Å²) in [6.07, 6.45) is 5.64. The Morgan fingerprint density at radius 2 is 1.43 bits per heavy atom. The number of hydrogen-bond donors (Lipinski definition) is 0. The summed E-state index contributed by atoms with van der Waals surface area (Å²) in [6.45, 7) is 4.76. The van der Waals surface area contributed by atoms with Crippen molar-refractivity contribution in [3.63, 3.8) is 0 Å². The van der Waals surface area contributed by atoms with Crippen molar-refractivity contribution in [1.82, 2.24) is 0 Å². The highest BCUT2D eigenvalue weighted by atomic mass is 32.1. The zero-order chi connectivity index (χ0) is 30.6. The number of anilines is 2. The lowest BCUT2D eigenvalue weighted by atomic mass is 9.79. The number of thiophene rings is 1. The zero-order valence-electron chi connectivity index (χ0n) is 25.7. The molecule has 0 saturated carbocycles. The molecule has 0 radical (unpaired) electrons. The van der Waals surface area contributed by atoms with E-state index in [0.717, 1.165) is 17.6 Å². The van der Waals surface area contributed by atoms with Crippen LogP contribution in [-0.4, -0.2) is 0 Å². The molecule has 2 aromatic heterocycles. The van der Waals surface area contributed by atoms with Crippen molar-refractivity contribution in [2.75, 3.05) is 4.90 Å². The van der Waals surface area contributed by atoms with E-state index in [1.54, 1.807) is 0 Å². The summed E-state index contributed by atoms with van der Waals surface area (Å²) in [7, 11) is 0. The average Bonchev–Trinajstić information content (AvgIpc) is 3.74. The minimum atomic E-state index is -0.181. The lowest BCUT2D eigenvalue weighted by molar-refractivity contribution is 0.657. The van der Waals surface area contributed by atoms with Crippen LogP contribution in [0.1, 0.15) is 47.9 Å². The standard InChI is InChI=1S/C43H31NOS/c1-43(2)34-24-23-27(44(26-13-4-3-5-14-26)35-20-12-19-31-28-15-9-11-22-37(28)46-42(31)35)25-33(34)39-40(43)30-17-7-6-16-29(30)38-32-18-8-10-21-36(32)45-41(38)39/h3-19,21-25,35H,20H2,1-2H3. The molecular weight excluding hydrogens is 579 g/mol. The first kappa shape index (κ1) is 26.1. The van der Waals surface area contributed by atoms with Crippen molar-refractivity contribution in [3.05, 3.63) is 149 Å². The van der Waals surface area contributed by atoms with Gasteiger partial charge in [-0.25, -0.2) is 0 Å². The third-order valence-electron chi connectivity index (χ3n) is 10.3. The number of fused-ring (bicyclic) bond motifs is 13. The van der Waals surface area contributed by atoms with Crippen LogP contribution in [-0.2, 0) is 5.41 Å². The second-order valence-corrected chi connectivity index (χ2v) is 14.3. The first-order valence-electron chi connectivity index (χ1n) is 16.1. The first-order chi connectivity index (χ1) is 22.6. The van der Waals surface area contributed by atoms with Crippen LogP contribution in [0.15, 0.2) is 132 Å². The van der Waals surface area contributed by atoms with E-state index in [2.05, 4.69) is 152 Å². The molecule has 0 aliphatic heterocycles. The Morgan fingerprint density at radius 1 is 0.717 bits per heavy atom. The number of nitrogens with zero attached hydrogens (tertiary/aromatic N) is 1. The molecule has 46 heavy (non-hydrogen) atoms. The van der Waals surface area contributed by atoms with E-state index < -0.39 is 0 Å². The Kier molecular flexibility index (Phi) is 5.37. The van der Waals surface area contributed by atoms with Gasteiger partial charge in [-0.15, -0.1) is 11.3 Å². The second kappa shape index (κ2) is 9.45. The largest absolute Gasteiger partial charge is 0.455 e. The first-order valence-corrected chi connectivity index (χ1v) is 16.9. The molecule has 1 unspecified atom stereocenters. The summed E-state index contributed by atoms with van der Waals surface area (Å²) >= 11 is 1.94. The van der Waals surface area contributed by atoms with Gasteiger partial charge in [0.2, 0.25) is 0 Å². The van der Waals surface area contributed by atoms with Gasteiger partial charge in [0.25, 0.3) is 0 Å². The molecule has 0 fully saturated rings. The van der Waals surface area contributed by atoms with Crippen LogP contribution in [0.2, 0.25) is 0 Å². The van der Waals surface area contributed by atoms with Gasteiger partial charge >= 0.3 is 0 Å². The van der Waals surface area contributed by atoms with Crippen molar-refractivity contribution in [2.45, 2.75) is 31.7 Å². The number of rotatable bonds is 3. The molecule has 1 atom stereocenters. The minimum absolute atomic E-state index is 0.181. The van der Waals surface area contributed by atoms with Gasteiger partial charge in [-0.05, 0) is 75.8 Å². The van der Waals surface area contributed by atoms with E-state index in [4.69, 9.17) is 4.42 Å². The van der Waals surface area contributed by atoms with E-state index in [0.29, 0.717) is 0 Å². The van der Waals surface area contributed by atoms with Crippen LogP contribution in [0, 0.1) is 0 Å². The van der Waals surface area contributed by atoms with Crippen molar-refractivity contribution in [2.24, 2.45) is 0 Å². The smallest absolute Gasteiger partial charge is 0.144 e. The molecule has 6 aromatic carbocycles. The Labute approximate surface area is 271 Å². The Morgan fingerprint density at radius 3 is 2.28 bits per heavy atom. The van der Waals surface area contributed by atoms with Gasteiger partial charge in [-0.1, -0.05) is 111 Å². The van der Waals surface area contributed by atoms with E-state index in [9.17, 15) is 0 Å². The second-order valence-electron chi connectivity index (χ2n) is 13.2. The van der Waals surface area contributed by atoms with Crippen LogP contribution in [0.5, 0.6) is 0 Å². The Bertz CT molecular complexity index is 2550. The molecule has 0 saturated heterocycles. The molecule has 8 aromatic rings. The molecule has 0 N–H and O–H groups in total. The topological polar surface area (TPSA) is 16.4 Å². The van der Waals surface area contributed by atoms with Gasteiger partial charge in [0.05, 0.1) is 6.04 Å². The van der Waals surface area contributed by atoms with Crippen molar-refractivity contribution in [3.8, 4) is 11.1 Å². The van der Waals surface area contributed by atoms with Gasteiger partial charge in [-0.3, -0.25) is 0 Å². The molecule has 0 spiro atoms. The summed E-state index contributed by atoms with van der Waals surface area (Å²) in [5.41, 5.74) is 10.8. The molecule has 2 aliphatic rings. The normalized spacial score (nSPS) is 16.3. The highest BCUT2D eigenvalue weighted by molar-refractivity contribution is 7.19. The summed E-state index contributed by atoms with van der Waals surface area (Å²) in [5.74, 6) is 0. The summed E-state index contributed by atoms with van der Waals surface area (Å²) < 4.78 is 8.16. The van der Waals surface area contributed by atoms with Crippen LogP contribution in [0.3, 0.4) is 0 Å². The average molecular weight is 610 g/mol. The molecule has 220 valence electrons. The third-order valence-corrected chi connectivity index (χ3v) is 11.6. The molecule has 2 aliphatic carbocycles. The maximum Gasteiger partial charge on any atom is 0.144 e. The van der Waals surface area contributed by atoms with E-state index in [1.807, 2.05) is 11.3 Å². The van der Waals surface area contributed by atoms with E-state index in [-0.39, 0.29) is 11.5 Å². The number of hydrogen-bond acceptors (Lipinski definition) is 3. The number of para-hydroxylation sites is 2. The number of benzene rings is 6. The van der Waals surface area contributed by atoms with Gasteiger partial charge < -0.3 is 9.32 Å². The van der Waals surface area contributed by atoms with Gasteiger partial charge in [0, 0.05) is 48.1 Å². The summed E-state index contributed by atoms with van der Waals surface area (Å²) in [4.78, 5) is 4.00. The highest BCUT2D eigenvalue weighted by Gasteiger charge is 2.40. The van der Waals surface area contributed by atoms with Crippen LogP contribution < -0.4 is 4.90 Å². The SMILES string of the molecule is CC1(C)c2ccc(N(c3ccccc3)C3CC=Cc4c3sc3ccccc43)cc2-c2c1c1ccccc1c1c2oc2ccccc21. The Hall–Kier alpha value is -5.12. The van der Waals surface area contributed by atoms with Crippen LogP contribution >= 0.6 is 11.3 Å². The molecule has 0 amide bonds. The Balaban J connectivity index is 1.26. The molecule has 0 bridgehead atoms. The highest BCUT2D eigenvalue weighted by Crippen LogP contribution is 2.57. The fourth-order valence-corrected chi connectivity index (χ4v) is 9.67. The molecule has 3 heteroatoms. The predicted octanol–water partition coefficient (Wildman–Crippen LogP) is 12.6. The van der Waals surface area contributed by atoms with Crippen LogP contribution in [0.25, 0.3) is 60.0 Å². The lowest BCUT2D eigenvalue weighted by Gasteiger charge is -2.35. The summed E-state index contributed by atoms with van der Waals surface area (Å²) in [6, 6.07) is 44.5. The minimum Gasteiger partial charge on any atom is -0.455 e. The quantitative estimate of drug-likeness (QED) is 0.198. The fourth-order valence-electron chi connectivity index (χ4n) is 8.38. The maximum absolute atomic E-state index is 6.81. The molecule has 10 rings (SSSR count). The van der Waals surface area contributed by atoms with Crippen LogP contribution in [0.4, 0.5) is 11.4 Å². The molecule has 2 nitrogen and oxygen atoms in total. The van der Waals surface area contributed by atoms with Crippen molar-refractivity contribution >= 4 is 71.6 Å². The van der Waals surface area contributed by atoms with E-state index >= 15 is 0 Å². The van der Waals surface area contributed by atoms with E-state index in [1.165, 1.54) is 75.7 Å². The molecule has 2 heterocycles. The van der Waals surface area contributed by atoms with Gasteiger partial charge in [0.1, 0.15) is 11.2 Å². The lowest BCUT2D eigenvalue weighted by Crippen LogP contribution is -2.24. The predicted molar refractivity (Wildman–Crippen MR) is 196 cm³/mol. The van der Waals surface area contributed by atoms with Crippen molar-refractivity contribution < 1.29 is 4.42 Å². The monoisotopic (exact) mass is 609 g/mol. The van der Waals surface area contributed by atoms with Crippen molar-refractivity contribution in [1.29, 1.82) is 0 Å². The summed E-state index contributed by atoms with van der Waals surface area (Å²) in [5, 5.41) is 6.31. The number of furan rings is 1. The van der Waals surface area contributed by atoms with Gasteiger partial charge in [0.15, 0.2) is 0 Å².